The number of amides is 2. The molecule has 0 N–H and O–H groups in total. The van der Waals surface area contributed by atoms with Crippen molar-refractivity contribution in [3.63, 3.8) is 0 Å². The molecule has 0 spiro atoms. The Kier molecular flexibility index (Phi) is 13.5. The fourth-order valence-electron chi connectivity index (χ4n) is 8.88. The molecule has 2 aliphatic heterocycles. The summed E-state index contributed by atoms with van der Waals surface area (Å²) < 4.78 is 40.9. The molecule has 0 atom stereocenters. The van der Waals surface area contributed by atoms with Gasteiger partial charge in [0.2, 0.25) is 0 Å². The summed E-state index contributed by atoms with van der Waals surface area (Å²) in [5.74, 6) is -0.00155. The van der Waals surface area contributed by atoms with Gasteiger partial charge in [-0.2, -0.15) is 13.2 Å². The minimum absolute atomic E-state index is 0.102. The van der Waals surface area contributed by atoms with Gasteiger partial charge >= 0.3 is 6.18 Å². The average molecular weight is 928 g/mol. The van der Waals surface area contributed by atoms with E-state index >= 15 is 0 Å². The lowest BCUT2D eigenvalue weighted by Gasteiger charge is -2.39. The molecule has 10 rings (SSSR count). The van der Waals surface area contributed by atoms with Crippen molar-refractivity contribution in [3.05, 3.63) is 212 Å². The standard InChI is InChI=1S/C27H23F3N2OS.C26H23ClN2OS/c28-27(29,30)22-11-12-23-21(17-22)18-24(34-23)26(33)32-15-13-31(14-16-32)25(19-7-3-1-4-8-19)20-9-5-2-6-10-20;27-22-12-11-21-17-24(31-23(21)18-22)26(30)29-15-13-28(14-16-29)25(19-7-3-1-4-8-19)20-9-5-2-6-10-20/h1-12,17-18,25H,13-16H2;1-12,17-18,25H,13-16H2. The van der Waals surface area contributed by atoms with Crippen molar-refractivity contribution in [2.24, 2.45) is 0 Å². The predicted octanol–water partition coefficient (Wildman–Crippen LogP) is 12.6. The van der Waals surface area contributed by atoms with E-state index in [-0.39, 0.29) is 23.9 Å². The van der Waals surface area contributed by atoms with E-state index in [1.165, 1.54) is 51.0 Å². The lowest BCUT2D eigenvalue weighted by atomic mass is 9.96. The number of hydrogen-bond donors (Lipinski definition) is 0. The summed E-state index contributed by atoms with van der Waals surface area (Å²) in [4.78, 5) is 36.2. The lowest BCUT2D eigenvalue weighted by molar-refractivity contribution is -0.137. The fraction of sp³-hybridized carbons (Fsp3) is 0.208. The summed E-state index contributed by atoms with van der Waals surface area (Å²) in [5, 5.41) is 2.23. The molecule has 2 aliphatic rings. The highest BCUT2D eigenvalue weighted by Gasteiger charge is 2.33. The number of carbonyl (C=O) groups is 2. The van der Waals surface area contributed by atoms with Crippen LogP contribution in [0.1, 0.15) is 59.2 Å². The van der Waals surface area contributed by atoms with E-state index in [1.807, 2.05) is 65.6 Å². The molecule has 8 aromatic rings. The van der Waals surface area contributed by atoms with Gasteiger partial charge in [-0.1, -0.05) is 139 Å². The van der Waals surface area contributed by atoms with Gasteiger partial charge in [0.15, 0.2) is 0 Å². The number of fused-ring (bicyclic) bond motifs is 2. The van der Waals surface area contributed by atoms with Gasteiger partial charge in [-0.05, 0) is 75.5 Å². The molecule has 0 radical (unpaired) electrons. The third-order valence-corrected chi connectivity index (χ3v) is 14.6. The molecule has 2 saturated heterocycles. The van der Waals surface area contributed by atoms with Crippen LogP contribution >= 0.6 is 34.3 Å². The molecule has 0 saturated carbocycles. The Morgan fingerprint density at radius 1 is 0.462 bits per heavy atom. The number of rotatable bonds is 8. The zero-order valence-electron chi connectivity index (χ0n) is 35.4. The third-order valence-electron chi connectivity index (χ3n) is 12.1. The van der Waals surface area contributed by atoms with Crippen LogP contribution in [0.3, 0.4) is 0 Å². The minimum atomic E-state index is -4.40. The highest BCUT2D eigenvalue weighted by Crippen LogP contribution is 2.36. The number of piperazine rings is 2. The van der Waals surface area contributed by atoms with Crippen LogP contribution in [0.15, 0.2) is 170 Å². The normalized spacial score (nSPS) is 15.1. The Balaban J connectivity index is 0.000000165. The number of carbonyl (C=O) groups excluding carboxylic acids is 2. The van der Waals surface area contributed by atoms with Crippen molar-refractivity contribution in [2.75, 3.05) is 52.4 Å². The first-order chi connectivity index (χ1) is 31.6. The predicted molar refractivity (Wildman–Crippen MR) is 258 cm³/mol. The monoisotopic (exact) mass is 926 g/mol. The van der Waals surface area contributed by atoms with Crippen LogP contribution in [0.25, 0.3) is 20.2 Å². The average Bonchev–Trinajstić information content (AvgIpc) is 3.98. The van der Waals surface area contributed by atoms with Crippen LogP contribution in [-0.2, 0) is 6.18 Å². The van der Waals surface area contributed by atoms with Gasteiger partial charge < -0.3 is 9.80 Å². The van der Waals surface area contributed by atoms with Crippen molar-refractivity contribution in [1.82, 2.24) is 19.6 Å². The van der Waals surface area contributed by atoms with Crippen molar-refractivity contribution >= 4 is 66.3 Å². The van der Waals surface area contributed by atoms with Gasteiger partial charge in [-0.15, -0.1) is 22.7 Å². The number of hydrogen-bond acceptors (Lipinski definition) is 6. The first kappa shape index (κ1) is 44.4. The molecule has 2 fully saturated rings. The van der Waals surface area contributed by atoms with Crippen LogP contribution in [0, 0.1) is 0 Å². The molecule has 6 aromatic carbocycles. The first-order valence-electron chi connectivity index (χ1n) is 21.7. The second-order valence-electron chi connectivity index (χ2n) is 16.3. The Bertz CT molecular complexity index is 2780. The van der Waals surface area contributed by atoms with Gasteiger partial charge in [0.05, 0.1) is 27.4 Å². The van der Waals surface area contributed by atoms with Gasteiger partial charge in [0, 0.05) is 66.8 Å². The SMILES string of the molecule is O=C(c1cc2cc(C(F)(F)F)ccc2s1)N1CCN(C(c2ccccc2)c2ccccc2)CC1.O=C(c1cc2ccc(Cl)cc2s1)N1CCN(C(c2ccccc2)c2ccccc2)CC1. The Labute approximate surface area is 389 Å². The molecule has 330 valence electrons. The van der Waals surface area contributed by atoms with Crippen LogP contribution in [0.2, 0.25) is 5.02 Å². The number of thiophene rings is 2. The lowest BCUT2D eigenvalue weighted by Crippen LogP contribution is -2.49. The van der Waals surface area contributed by atoms with E-state index in [0.717, 1.165) is 53.3 Å². The molecule has 0 aliphatic carbocycles. The molecule has 65 heavy (non-hydrogen) atoms. The van der Waals surface area contributed by atoms with Crippen molar-refractivity contribution in [2.45, 2.75) is 18.3 Å². The van der Waals surface area contributed by atoms with Gasteiger partial charge in [0.1, 0.15) is 0 Å². The smallest absolute Gasteiger partial charge is 0.335 e. The third kappa shape index (κ3) is 10.2. The maximum absolute atomic E-state index is 13.2. The van der Waals surface area contributed by atoms with Crippen LogP contribution in [0.4, 0.5) is 13.2 Å². The van der Waals surface area contributed by atoms with E-state index in [1.54, 1.807) is 11.0 Å². The number of nitrogens with zero attached hydrogens (tertiary/aromatic N) is 4. The maximum atomic E-state index is 13.2. The summed E-state index contributed by atoms with van der Waals surface area (Å²) in [6, 6.07) is 55.2. The highest BCUT2D eigenvalue weighted by atomic mass is 35.5. The van der Waals surface area contributed by atoms with E-state index in [9.17, 15) is 22.8 Å². The summed E-state index contributed by atoms with van der Waals surface area (Å²) in [6.07, 6.45) is -4.40. The molecule has 6 nitrogen and oxygen atoms in total. The first-order valence-corrected chi connectivity index (χ1v) is 23.7. The highest BCUT2D eigenvalue weighted by molar-refractivity contribution is 7.21. The Morgan fingerprint density at radius 3 is 1.28 bits per heavy atom. The maximum Gasteiger partial charge on any atom is 0.416 e. The zero-order chi connectivity index (χ0) is 44.9. The second-order valence-corrected chi connectivity index (χ2v) is 18.9. The molecule has 12 heteroatoms. The zero-order valence-corrected chi connectivity index (χ0v) is 37.8. The van der Waals surface area contributed by atoms with E-state index in [2.05, 4.69) is 94.7 Å². The van der Waals surface area contributed by atoms with Crippen molar-refractivity contribution < 1.29 is 22.8 Å². The Hall–Kier alpha value is -5.82. The fourth-order valence-corrected chi connectivity index (χ4v) is 11.2. The molecule has 2 amide bonds. The molecular formula is C53H46ClF3N4O2S2. The number of halogens is 4. The number of alkyl halides is 3. The van der Waals surface area contributed by atoms with Crippen molar-refractivity contribution in [1.29, 1.82) is 0 Å². The second kappa shape index (κ2) is 19.7. The molecule has 2 aromatic heterocycles. The van der Waals surface area contributed by atoms with Crippen molar-refractivity contribution in [3.8, 4) is 0 Å². The number of benzene rings is 6. The van der Waals surface area contributed by atoms with Gasteiger partial charge in [-0.3, -0.25) is 19.4 Å². The van der Waals surface area contributed by atoms with Crippen LogP contribution in [-0.4, -0.2) is 83.8 Å². The summed E-state index contributed by atoms with van der Waals surface area (Å²) in [6.45, 7) is 5.70. The van der Waals surface area contributed by atoms with Crippen LogP contribution in [0.5, 0.6) is 0 Å². The minimum Gasteiger partial charge on any atom is -0.335 e. The largest absolute Gasteiger partial charge is 0.416 e. The molecular weight excluding hydrogens is 881 g/mol. The topological polar surface area (TPSA) is 47.1 Å². The molecule has 0 bridgehead atoms. The summed E-state index contributed by atoms with van der Waals surface area (Å²) in [7, 11) is 0. The Morgan fingerprint density at radius 2 is 0.862 bits per heavy atom. The molecule has 4 heterocycles. The summed E-state index contributed by atoms with van der Waals surface area (Å²) in [5.41, 5.74) is 4.29. The van der Waals surface area contributed by atoms with Gasteiger partial charge in [-0.25, -0.2) is 0 Å². The van der Waals surface area contributed by atoms with E-state index < -0.39 is 11.7 Å². The molecule has 0 unspecified atom stereocenters. The van der Waals surface area contributed by atoms with Crippen LogP contribution < -0.4 is 0 Å². The van der Waals surface area contributed by atoms with Gasteiger partial charge in [0.25, 0.3) is 11.8 Å². The van der Waals surface area contributed by atoms with E-state index in [4.69, 9.17) is 11.6 Å². The summed E-state index contributed by atoms with van der Waals surface area (Å²) >= 11 is 8.88. The quantitative estimate of drug-likeness (QED) is 0.152. The van der Waals surface area contributed by atoms with E-state index in [0.29, 0.717) is 46.2 Å².